The first-order valence-corrected chi connectivity index (χ1v) is 8.05. The third-order valence-corrected chi connectivity index (χ3v) is 4.38. The number of hydrogen-bond donors (Lipinski definition) is 5. The Labute approximate surface area is 145 Å². The van der Waals surface area contributed by atoms with Gasteiger partial charge in [-0.15, -0.1) is 0 Å². The van der Waals surface area contributed by atoms with Crippen LogP contribution in [0.1, 0.15) is 53.3 Å². The number of carboxylic acid groups (broad SMARTS) is 2. The molecule has 7 nitrogen and oxygen atoms in total. The van der Waals surface area contributed by atoms with Crippen LogP contribution in [0.15, 0.2) is 24.3 Å². The van der Waals surface area contributed by atoms with Gasteiger partial charge in [0, 0.05) is 11.7 Å². The molecule has 0 heterocycles. The Morgan fingerprint density at radius 1 is 1.12 bits per heavy atom. The first-order valence-electron chi connectivity index (χ1n) is 7.54. The van der Waals surface area contributed by atoms with Gasteiger partial charge in [0.15, 0.2) is 0 Å². The molecule has 1 aromatic carbocycles. The predicted octanol–water partition coefficient (Wildman–Crippen LogP) is 2.51. The maximum absolute atomic E-state index is 11.5. The van der Waals surface area contributed by atoms with Crippen LogP contribution in [0.25, 0.3) is 0 Å². The van der Waals surface area contributed by atoms with E-state index in [0.717, 1.165) is 0 Å². The molecule has 4 N–H and O–H groups in total. The number of rotatable bonds is 10. The number of aromatic carboxylic acids is 1. The third-order valence-electron chi connectivity index (χ3n) is 3.72. The van der Waals surface area contributed by atoms with Crippen molar-refractivity contribution in [2.45, 2.75) is 37.4 Å². The van der Waals surface area contributed by atoms with Crippen LogP contribution in [-0.4, -0.2) is 33.3 Å². The Bertz CT molecular complexity index is 592. The zero-order valence-electron chi connectivity index (χ0n) is 13.0. The van der Waals surface area contributed by atoms with Crippen molar-refractivity contribution in [1.82, 2.24) is 5.48 Å². The van der Waals surface area contributed by atoms with Crippen molar-refractivity contribution in [1.29, 1.82) is 0 Å². The van der Waals surface area contributed by atoms with Gasteiger partial charge in [0.1, 0.15) is 0 Å². The average Bonchev–Trinajstić information content (AvgIpc) is 2.56. The largest absolute Gasteiger partial charge is 0.481 e. The maximum atomic E-state index is 11.5. The summed E-state index contributed by atoms with van der Waals surface area (Å²) in [5.41, 5.74) is 2.18. The van der Waals surface area contributed by atoms with Crippen LogP contribution in [0.4, 0.5) is 0 Å². The Hall–Kier alpha value is -2.06. The van der Waals surface area contributed by atoms with Crippen LogP contribution in [0.2, 0.25) is 0 Å². The summed E-state index contributed by atoms with van der Waals surface area (Å²) >= 11 is 4.37. The Morgan fingerprint density at radius 2 is 1.83 bits per heavy atom. The number of unbranched alkanes of at least 4 members (excludes halogenated alkanes) is 2. The van der Waals surface area contributed by atoms with Gasteiger partial charge in [-0.3, -0.25) is 14.8 Å². The second-order valence-electron chi connectivity index (χ2n) is 5.45. The van der Waals surface area contributed by atoms with E-state index in [2.05, 4.69) is 12.6 Å². The van der Waals surface area contributed by atoms with Crippen LogP contribution in [-0.2, 0) is 9.59 Å². The highest BCUT2D eigenvalue weighted by Gasteiger charge is 2.26. The van der Waals surface area contributed by atoms with E-state index in [0.29, 0.717) is 31.2 Å². The van der Waals surface area contributed by atoms with E-state index in [1.165, 1.54) is 12.1 Å². The van der Waals surface area contributed by atoms with Crippen LogP contribution in [0.5, 0.6) is 0 Å². The van der Waals surface area contributed by atoms with Crippen molar-refractivity contribution in [2.24, 2.45) is 5.92 Å². The molecule has 0 spiro atoms. The number of nitrogens with one attached hydrogen (secondary N) is 1. The molecular formula is C16H21NO6S. The summed E-state index contributed by atoms with van der Waals surface area (Å²) in [5.74, 6) is -3.30. The fraction of sp³-hybridized carbons (Fsp3) is 0.438. The quantitative estimate of drug-likeness (QED) is 0.190. The molecule has 0 aliphatic heterocycles. The molecule has 0 fully saturated rings. The Balaban J connectivity index is 2.64. The highest BCUT2D eigenvalue weighted by atomic mass is 32.1. The number of carbonyl (C=O) groups is 3. The van der Waals surface area contributed by atoms with Crippen molar-refractivity contribution >= 4 is 30.5 Å². The monoisotopic (exact) mass is 355 g/mol. The Kier molecular flexibility index (Phi) is 8.28. The molecule has 0 radical (unpaired) electrons. The minimum absolute atomic E-state index is 0.0886. The minimum Gasteiger partial charge on any atom is -0.481 e. The zero-order chi connectivity index (χ0) is 18.1. The molecule has 2 unspecified atom stereocenters. The second-order valence-corrected chi connectivity index (χ2v) is 6.01. The summed E-state index contributed by atoms with van der Waals surface area (Å²) in [6, 6.07) is 6.09. The first-order chi connectivity index (χ1) is 11.4. The zero-order valence-corrected chi connectivity index (χ0v) is 13.9. The van der Waals surface area contributed by atoms with E-state index in [1.807, 2.05) is 0 Å². The van der Waals surface area contributed by atoms with E-state index in [1.54, 1.807) is 17.6 Å². The van der Waals surface area contributed by atoms with Gasteiger partial charge in [0.2, 0.25) is 5.91 Å². The Morgan fingerprint density at radius 3 is 2.42 bits per heavy atom. The number of aliphatic carboxylic acids is 1. The topological polar surface area (TPSA) is 124 Å². The van der Waals surface area contributed by atoms with Crippen molar-refractivity contribution in [3.05, 3.63) is 35.4 Å². The lowest BCUT2D eigenvalue weighted by atomic mass is 9.92. The van der Waals surface area contributed by atoms with Crippen LogP contribution < -0.4 is 5.48 Å². The van der Waals surface area contributed by atoms with Crippen molar-refractivity contribution in [2.75, 3.05) is 0 Å². The maximum Gasteiger partial charge on any atom is 0.335 e. The van der Waals surface area contributed by atoms with Crippen molar-refractivity contribution in [3.63, 3.8) is 0 Å². The number of benzene rings is 1. The molecule has 0 saturated heterocycles. The normalized spacial score (nSPS) is 13.1. The van der Waals surface area contributed by atoms with Crippen LogP contribution in [0.3, 0.4) is 0 Å². The molecule has 0 aliphatic rings. The summed E-state index contributed by atoms with van der Waals surface area (Å²) in [5, 5.41) is 26.2. The van der Waals surface area contributed by atoms with E-state index in [9.17, 15) is 19.5 Å². The summed E-state index contributed by atoms with van der Waals surface area (Å²) in [4.78, 5) is 33.4. The van der Waals surface area contributed by atoms with Gasteiger partial charge in [-0.05, 0) is 30.5 Å². The standard InChI is InChI=1S/C16H21NO6S/c18-13(17-23)8-3-1-2-7-12(16(21)22)14(24)10-5-4-6-11(9-10)15(19)20/h4-6,9,12,14,23-24H,1-3,7-8H2,(H,17,18)(H,19,20)(H,21,22). The molecule has 1 amide bonds. The van der Waals surface area contributed by atoms with E-state index < -0.39 is 29.0 Å². The molecule has 0 bridgehead atoms. The first kappa shape index (κ1) is 20.0. The van der Waals surface area contributed by atoms with Gasteiger partial charge in [0.25, 0.3) is 0 Å². The van der Waals surface area contributed by atoms with Gasteiger partial charge < -0.3 is 10.2 Å². The van der Waals surface area contributed by atoms with Gasteiger partial charge >= 0.3 is 11.9 Å². The second kappa shape index (κ2) is 9.94. The number of amides is 1. The number of thiol groups is 1. The van der Waals surface area contributed by atoms with Crippen molar-refractivity contribution < 1.29 is 29.8 Å². The fourth-order valence-corrected chi connectivity index (χ4v) is 2.82. The number of carbonyl (C=O) groups excluding carboxylic acids is 1. The molecule has 24 heavy (non-hydrogen) atoms. The summed E-state index contributed by atoms with van der Waals surface area (Å²) in [6.07, 6.45) is 2.32. The van der Waals surface area contributed by atoms with Crippen molar-refractivity contribution in [3.8, 4) is 0 Å². The summed E-state index contributed by atoms with van der Waals surface area (Å²) in [7, 11) is 0. The van der Waals surface area contributed by atoms with Gasteiger partial charge in [-0.2, -0.15) is 12.6 Å². The van der Waals surface area contributed by atoms with Crippen LogP contribution >= 0.6 is 12.6 Å². The number of hydrogen-bond acceptors (Lipinski definition) is 5. The third kappa shape index (κ3) is 6.21. The average molecular weight is 355 g/mol. The van der Waals surface area contributed by atoms with Gasteiger partial charge in [-0.1, -0.05) is 25.0 Å². The highest BCUT2D eigenvalue weighted by Crippen LogP contribution is 2.33. The lowest BCUT2D eigenvalue weighted by Crippen LogP contribution is -2.20. The lowest BCUT2D eigenvalue weighted by molar-refractivity contribution is -0.142. The van der Waals surface area contributed by atoms with Gasteiger partial charge in [-0.25, -0.2) is 10.3 Å². The highest BCUT2D eigenvalue weighted by molar-refractivity contribution is 7.80. The number of carboxylic acids is 2. The summed E-state index contributed by atoms with van der Waals surface area (Å²) < 4.78 is 0. The molecule has 1 rings (SSSR count). The van der Waals surface area contributed by atoms with Gasteiger partial charge in [0.05, 0.1) is 11.5 Å². The number of hydroxylamine groups is 1. The van der Waals surface area contributed by atoms with E-state index in [4.69, 9.17) is 10.3 Å². The molecule has 0 aromatic heterocycles. The fourth-order valence-electron chi connectivity index (χ4n) is 2.39. The molecule has 2 atom stereocenters. The predicted molar refractivity (Wildman–Crippen MR) is 89.3 cm³/mol. The minimum atomic E-state index is -1.08. The van der Waals surface area contributed by atoms with E-state index in [-0.39, 0.29) is 12.0 Å². The molecule has 1 aromatic rings. The molecular weight excluding hydrogens is 334 g/mol. The molecule has 0 aliphatic carbocycles. The smallest absolute Gasteiger partial charge is 0.335 e. The molecule has 8 heteroatoms. The molecule has 132 valence electrons. The molecule has 0 saturated carbocycles. The lowest BCUT2D eigenvalue weighted by Gasteiger charge is -2.20. The van der Waals surface area contributed by atoms with E-state index >= 15 is 0 Å². The summed E-state index contributed by atoms with van der Waals surface area (Å²) in [6.45, 7) is 0. The van der Waals surface area contributed by atoms with Crippen LogP contribution in [0, 0.1) is 5.92 Å². The SMILES string of the molecule is O=C(CCCCCC(C(=O)O)C(S)c1cccc(C(=O)O)c1)NO.